The van der Waals surface area contributed by atoms with Crippen LogP contribution in [0.1, 0.15) is 12.5 Å². The monoisotopic (exact) mass is 268 g/mol. The van der Waals surface area contributed by atoms with Gasteiger partial charge in [0.2, 0.25) is 5.91 Å². The van der Waals surface area contributed by atoms with Crippen molar-refractivity contribution in [2.75, 3.05) is 5.32 Å². The first-order valence-corrected chi connectivity index (χ1v) is 6.09. The standard InChI is InChI=1S/C14H12N4O2/c1-8(19)15-13-12(14(20)18-17-13)11-7-6-9-4-2-3-5-10(9)16-11/h2-7,16H,1H3,(H,18,20)(H,15,17,19). The maximum absolute atomic E-state index is 11.9. The van der Waals surface area contributed by atoms with Gasteiger partial charge in [0.25, 0.3) is 5.91 Å². The first-order chi connectivity index (χ1) is 9.65. The zero-order valence-corrected chi connectivity index (χ0v) is 10.7. The van der Waals surface area contributed by atoms with E-state index in [-0.39, 0.29) is 17.6 Å². The molecule has 1 aromatic rings. The average molecular weight is 268 g/mol. The highest BCUT2D eigenvalue weighted by Crippen LogP contribution is 2.26. The molecule has 2 aliphatic rings. The van der Waals surface area contributed by atoms with E-state index >= 15 is 0 Å². The molecular weight excluding hydrogens is 256 g/mol. The van der Waals surface area contributed by atoms with Crippen molar-refractivity contribution < 1.29 is 9.59 Å². The highest BCUT2D eigenvalue weighted by atomic mass is 16.2. The van der Waals surface area contributed by atoms with Gasteiger partial charge in [-0.1, -0.05) is 24.3 Å². The summed E-state index contributed by atoms with van der Waals surface area (Å²) < 4.78 is 0. The third-order valence-electron chi connectivity index (χ3n) is 2.96. The summed E-state index contributed by atoms with van der Waals surface area (Å²) >= 11 is 0. The van der Waals surface area contributed by atoms with Crippen molar-refractivity contribution in [2.24, 2.45) is 5.10 Å². The molecule has 2 amide bonds. The Morgan fingerprint density at radius 2 is 2.05 bits per heavy atom. The number of hydrogen-bond donors (Lipinski definition) is 3. The molecule has 0 spiro atoms. The van der Waals surface area contributed by atoms with Gasteiger partial charge < -0.3 is 10.6 Å². The second kappa shape index (κ2) is 4.65. The van der Waals surface area contributed by atoms with Crippen LogP contribution in [0.15, 0.2) is 46.7 Å². The zero-order valence-electron chi connectivity index (χ0n) is 10.7. The molecule has 0 radical (unpaired) electrons. The summed E-state index contributed by atoms with van der Waals surface area (Å²) in [5.74, 6) is -0.396. The largest absolute Gasteiger partial charge is 0.354 e. The Hall–Kier alpha value is -2.89. The van der Waals surface area contributed by atoms with Gasteiger partial charge in [-0.15, -0.1) is 0 Å². The molecule has 0 unspecified atom stereocenters. The quantitative estimate of drug-likeness (QED) is 0.613. The molecule has 0 bridgehead atoms. The number of benzene rings is 1. The summed E-state index contributed by atoms with van der Waals surface area (Å²) in [6.07, 6.45) is 3.70. The highest BCUT2D eigenvalue weighted by Gasteiger charge is 2.27. The predicted molar refractivity (Wildman–Crippen MR) is 75.5 cm³/mol. The molecule has 6 heteroatoms. The van der Waals surface area contributed by atoms with Crippen LogP contribution in [-0.2, 0) is 9.59 Å². The molecule has 20 heavy (non-hydrogen) atoms. The number of amides is 2. The molecule has 0 aliphatic carbocycles. The number of anilines is 1. The second-order valence-electron chi connectivity index (χ2n) is 4.42. The van der Waals surface area contributed by atoms with E-state index < -0.39 is 0 Å². The van der Waals surface area contributed by atoms with Gasteiger partial charge >= 0.3 is 0 Å². The van der Waals surface area contributed by atoms with Crippen LogP contribution in [0.3, 0.4) is 0 Å². The van der Waals surface area contributed by atoms with Gasteiger partial charge in [-0.3, -0.25) is 9.59 Å². The summed E-state index contributed by atoms with van der Waals surface area (Å²) in [6.45, 7) is 1.37. The normalized spacial score (nSPS) is 19.9. The molecule has 0 saturated heterocycles. The number of hydrogen-bond acceptors (Lipinski definition) is 4. The van der Waals surface area contributed by atoms with E-state index in [0.717, 1.165) is 11.3 Å². The van der Waals surface area contributed by atoms with Crippen LogP contribution < -0.4 is 16.1 Å². The number of rotatable bonds is 0. The van der Waals surface area contributed by atoms with Crippen molar-refractivity contribution in [3.63, 3.8) is 0 Å². The fourth-order valence-corrected chi connectivity index (χ4v) is 2.09. The van der Waals surface area contributed by atoms with Crippen molar-refractivity contribution in [1.82, 2.24) is 10.7 Å². The Labute approximate surface area is 115 Å². The number of fused-ring (bicyclic) bond motifs is 1. The van der Waals surface area contributed by atoms with E-state index in [0.29, 0.717) is 11.3 Å². The molecule has 1 aromatic carbocycles. The van der Waals surface area contributed by atoms with Crippen LogP contribution >= 0.6 is 0 Å². The minimum atomic E-state index is -0.347. The SMILES string of the molecule is CC(=O)NC1=NNC(=O)C1=C1C=Cc2ccccc2N1. The summed E-state index contributed by atoms with van der Waals surface area (Å²) in [5, 5.41) is 9.53. The topological polar surface area (TPSA) is 82.6 Å². The number of amidine groups is 1. The van der Waals surface area contributed by atoms with Crippen molar-refractivity contribution in [3.8, 4) is 0 Å². The number of nitrogens with one attached hydrogen (secondary N) is 3. The van der Waals surface area contributed by atoms with E-state index in [4.69, 9.17) is 0 Å². The van der Waals surface area contributed by atoms with Gasteiger partial charge in [0.15, 0.2) is 5.84 Å². The number of carbonyl (C=O) groups excluding carboxylic acids is 2. The van der Waals surface area contributed by atoms with E-state index in [2.05, 4.69) is 21.2 Å². The molecule has 6 nitrogen and oxygen atoms in total. The molecule has 3 N–H and O–H groups in total. The van der Waals surface area contributed by atoms with Crippen molar-refractivity contribution in [3.05, 3.63) is 47.2 Å². The van der Waals surface area contributed by atoms with Gasteiger partial charge in [-0.25, -0.2) is 5.43 Å². The fourth-order valence-electron chi connectivity index (χ4n) is 2.09. The maximum atomic E-state index is 11.9. The van der Waals surface area contributed by atoms with E-state index in [1.807, 2.05) is 30.3 Å². The van der Waals surface area contributed by atoms with Gasteiger partial charge in [0, 0.05) is 12.6 Å². The summed E-state index contributed by atoms with van der Waals surface area (Å²) in [4.78, 5) is 23.0. The maximum Gasteiger partial charge on any atom is 0.277 e. The summed E-state index contributed by atoms with van der Waals surface area (Å²) in [6, 6.07) is 7.74. The Morgan fingerprint density at radius 1 is 1.25 bits per heavy atom. The van der Waals surface area contributed by atoms with Gasteiger partial charge in [0.05, 0.1) is 5.70 Å². The van der Waals surface area contributed by atoms with Gasteiger partial charge in [-0.2, -0.15) is 5.10 Å². The lowest BCUT2D eigenvalue weighted by atomic mass is 10.0. The summed E-state index contributed by atoms with van der Waals surface area (Å²) in [7, 11) is 0. The lowest BCUT2D eigenvalue weighted by molar-refractivity contribution is -0.117. The Morgan fingerprint density at radius 3 is 2.85 bits per heavy atom. The van der Waals surface area contributed by atoms with Crippen LogP contribution in [0.5, 0.6) is 0 Å². The molecule has 0 fully saturated rings. The summed E-state index contributed by atoms with van der Waals surface area (Å²) in [5.41, 5.74) is 5.21. The van der Waals surface area contributed by atoms with Crippen molar-refractivity contribution in [1.29, 1.82) is 0 Å². The molecule has 0 atom stereocenters. The van der Waals surface area contributed by atoms with Gasteiger partial charge in [0.1, 0.15) is 5.57 Å². The Bertz CT molecular complexity index is 701. The van der Waals surface area contributed by atoms with Crippen LogP contribution in [-0.4, -0.2) is 17.6 Å². The fraction of sp³-hybridized carbons (Fsp3) is 0.0714. The molecule has 100 valence electrons. The highest BCUT2D eigenvalue weighted by molar-refractivity contribution is 6.27. The average Bonchev–Trinajstić information content (AvgIpc) is 2.78. The van der Waals surface area contributed by atoms with Crippen LogP contribution in [0.25, 0.3) is 6.08 Å². The minimum Gasteiger partial charge on any atom is -0.354 e. The zero-order chi connectivity index (χ0) is 14.1. The first-order valence-electron chi connectivity index (χ1n) is 6.09. The molecular formula is C14H12N4O2. The lowest BCUT2D eigenvalue weighted by Gasteiger charge is -2.17. The first kappa shape index (κ1) is 12.2. The molecule has 3 rings (SSSR count). The third-order valence-corrected chi connectivity index (χ3v) is 2.96. The predicted octanol–water partition coefficient (Wildman–Crippen LogP) is 0.959. The third kappa shape index (κ3) is 2.07. The molecule has 0 saturated carbocycles. The molecule has 0 aromatic heterocycles. The van der Waals surface area contributed by atoms with E-state index in [9.17, 15) is 9.59 Å². The molecule has 2 heterocycles. The van der Waals surface area contributed by atoms with E-state index in [1.54, 1.807) is 6.08 Å². The number of nitrogens with zero attached hydrogens (tertiary/aromatic N) is 1. The minimum absolute atomic E-state index is 0.231. The number of allylic oxidation sites excluding steroid dienone is 1. The Balaban J connectivity index is 2.01. The van der Waals surface area contributed by atoms with Crippen molar-refractivity contribution >= 4 is 29.4 Å². The van der Waals surface area contributed by atoms with Crippen LogP contribution in [0, 0.1) is 0 Å². The van der Waals surface area contributed by atoms with Crippen LogP contribution in [0.2, 0.25) is 0 Å². The van der Waals surface area contributed by atoms with E-state index in [1.165, 1.54) is 6.92 Å². The van der Waals surface area contributed by atoms with Crippen molar-refractivity contribution in [2.45, 2.75) is 6.92 Å². The number of para-hydroxylation sites is 1. The second-order valence-corrected chi connectivity index (χ2v) is 4.42. The lowest BCUT2D eigenvalue weighted by Crippen LogP contribution is -2.31. The smallest absolute Gasteiger partial charge is 0.277 e. The van der Waals surface area contributed by atoms with Crippen LogP contribution in [0.4, 0.5) is 5.69 Å². The van der Waals surface area contributed by atoms with Gasteiger partial charge in [-0.05, 0) is 17.7 Å². The number of carbonyl (C=O) groups is 2. The Kier molecular flexibility index (Phi) is 2.83. The number of hydrazone groups is 1. The molecule has 2 aliphatic heterocycles.